The van der Waals surface area contributed by atoms with E-state index in [1.807, 2.05) is 0 Å². The summed E-state index contributed by atoms with van der Waals surface area (Å²) in [4.78, 5) is 11.9. The third kappa shape index (κ3) is 9.78. The van der Waals surface area contributed by atoms with Gasteiger partial charge in [-0.15, -0.1) is 0 Å². The molecule has 0 saturated heterocycles. The molecule has 8 nitrogen and oxygen atoms in total. The number of aliphatic hydroxyl groups excluding tert-OH is 1. The summed E-state index contributed by atoms with van der Waals surface area (Å²) in [5, 5.41) is 21.0. The standard InChI is InChI=1S/C26H46N2O6/c1-17(2)18(3)15-21(28)25(29)24(19(4)26(30)31)20-9-10-22(33-13-7-6-11-27)23(16-20)34-14-8-12-32-5/h9-10,16-19,21,24-25,29H,6-8,11-15,27-28H2,1-5H3,(H,30,31). The molecule has 196 valence electrons. The minimum absolute atomic E-state index is 0.300. The first-order valence-corrected chi connectivity index (χ1v) is 12.4. The van der Waals surface area contributed by atoms with Crippen molar-refractivity contribution in [2.45, 2.75) is 71.4 Å². The zero-order valence-electron chi connectivity index (χ0n) is 21.5. The normalized spacial score (nSPS) is 16.0. The molecule has 0 fully saturated rings. The molecule has 0 aliphatic heterocycles. The summed E-state index contributed by atoms with van der Waals surface area (Å²) >= 11 is 0. The maximum Gasteiger partial charge on any atom is 0.306 e. The van der Waals surface area contributed by atoms with Crippen LogP contribution in [0.4, 0.5) is 0 Å². The molecule has 0 aliphatic carbocycles. The second-order valence-corrected chi connectivity index (χ2v) is 9.51. The van der Waals surface area contributed by atoms with E-state index in [4.69, 9.17) is 25.7 Å². The molecule has 0 aliphatic rings. The van der Waals surface area contributed by atoms with Crippen molar-refractivity contribution >= 4 is 5.97 Å². The van der Waals surface area contributed by atoms with E-state index < -0.39 is 30.0 Å². The lowest BCUT2D eigenvalue weighted by molar-refractivity contribution is -0.143. The van der Waals surface area contributed by atoms with E-state index in [1.54, 1.807) is 32.2 Å². The number of unbranched alkanes of at least 4 members (excludes halogenated alkanes) is 1. The Morgan fingerprint density at radius 1 is 1.00 bits per heavy atom. The fraction of sp³-hybridized carbons (Fsp3) is 0.731. The van der Waals surface area contributed by atoms with Gasteiger partial charge in [-0.1, -0.05) is 33.8 Å². The summed E-state index contributed by atoms with van der Waals surface area (Å²) in [5.41, 5.74) is 12.6. The average molecular weight is 483 g/mol. The van der Waals surface area contributed by atoms with Crippen LogP contribution < -0.4 is 20.9 Å². The lowest BCUT2D eigenvalue weighted by Crippen LogP contribution is -2.43. The van der Waals surface area contributed by atoms with Crippen LogP contribution in [0.3, 0.4) is 0 Å². The van der Waals surface area contributed by atoms with Gasteiger partial charge in [-0.25, -0.2) is 0 Å². The topological polar surface area (TPSA) is 137 Å². The molecule has 0 amide bonds. The van der Waals surface area contributed by atoms with Crippen molar-refractivity contribution in [3.63, 3.8) is 0 Å². The number of hydrogen-bond acceptors (Lipinski definition) is 7. The number of nitrogens with two attached hydrogens (primary N) is 2. The zero-order valence-corrected chi connectivity index (χ0v) is 21.5. The highest BCUT2D eigenvalue weighted by Gasteiger charge is 2.36. The van der Waals surface area contributed by atoms with Gasteiger partial charge in [0.05, 0.1) is 25.2 Å². The highest BCUT2D eigenvalue weighted by atomic mass is 16.5. The maximum atomic E-state index is 11.9. The number of aliphatic carboxylic acids is 1. The van der Waals surface area contributed by atoms with Crippen molar-refractivity contribution < 1.29 is 29.2 Å². The molecular formula is C26H46N2O6. The SMILES string of the molecule is COCCCOc1cc(C(C(C)C(=O)O)C(O)C(N)CC(C)C(C)C)ccc1OCCCCN. The number of rotatable bonds is 18. The molecule has 0 aromatic heterocycles. The summed E-state index contributed by atoms with van der Waals surface area (Å²) in [6.45, 7) is 10.0. The van der Waals surface area contributed by atoms with Gasteiger partial charge in [-0.2, -0.15) is 0 Å². The van der Waals surface area contributed by atoms with E-state index in [-0.39, 0.29) is 0 Å². The first-order valence-electron chi connectivity index (χ1n) is 12.4. The van der Waals surface area contributed by atoms with E-state index in [0.29, 0.717) is 68.1 Å². The Morgan fingerprint density at radius 2 is 1.65 bits per heavy atom. The van der Waals surface area contributed by atoms with Crippen LogP contribution in [0.15, 0.2) is 18.2 Å². The van der Waals surface area contributed by atoms with Crippen molar-refractivity contribution in [3.05, 3.63) is 23.8 Å². The maximum absolute atomic E-state index is 11.9. The van der Waals surface area contributed by atoms with Crippen LogP contribution in [-0.2, 0) is 9.53 Å². The Kier molecular flexibility index (Phi) is 14.1. The van der Waals surface area contributed by atoms with Gasteiger partial charge in [0.2, 0.25) is 0 Å². The van der Waals surface area contributed by atoms with Gasteiger partial charge in [0.1, 0.15) is 0 Å². The van der Waals surface area contributed by atoms with Crippen LogP contribution in [0.2, 0.25) is 0 Å². The van der Waals surface area contributed by atoms with Crippen molar-refractivity contribution in [3.8, 4) is 11.5 Å². The molecule has 1 aromatic rings. The minimum atomic E-state index is -1.02. The van der Waals surface area contributed by atoms with Gasteiger partial charge >= 0.3 is 5.97 Å². The Hall–Kier alpha value is -1.87. The van der Waals surface area contributed by atoms with E-state index in [0.717, 1.165) is 12.8 Å². The molecule has 5 unspecified atom stereocenters. The number of aliphatic hydroxyl groups is 1. The van der Waals surface area contributed by atoms with Gasteiger partial charge < -0.3 is 35.9 Å². The molecule has 0 bridgehead atoms. The number of ether oxygens (including phenoxy) is 3. The smallest absolute Gasteiger partial charge is 0.306 e. The molecule has 34 heavy (non-hydrogen) atoms. The Balaban J connectivity index is 3.23. The van der Waals surface area contributed by atoms with Crippen LogP contribution in [-0.4, -0.2) is 61.8 Å². The number of methoxy groups -OCH3 is 1. The molecule has 5 atom stereocenters. The van der Waals surface area contributed by atoms with Crippen LogP contribution >= 0.6 is 0 Å². The second-order valence-electron chi connectivity index (χ2n) is 9.51. The van der Waals surface area contributed by atoms with Gasteiger partial charge in [0.15, 0.2) is 11.5 Å². The monoisotopic (exact) mass is 482 g/mol. The van der Waals surface area contributed by atoms with E-state index in [9.17, 15) is 15.0 Å². The minimum Gasteiger partial charge on any atom is -0.490 e. The third-order valence-corrected chi connectivity index (χ3v) is 6.48. The number of carboxylic acids is 1. The molecule has 0 heterocycles. The second kappa shape index (κ2) is 15.9. The van der Waals surface area contributed by atoms with E-state index in [1.165, 1.54) is 0 Å². The third-order valence-electron chi connectivity index (χ3n) is 6.48. The summed E-state index contributed by atoms with van der Waals surface area (Å²) in [6.07, 6.45) is 1.96. The molecule has 0 radical (unpaired) electrons. The summed E-state index contributed by atoms with van der Waals surface area (Å²) in [7, 11) is 1.63. The van der Waals surface area contributed by atoms with Crippen LogP contribution in [0, 0.1) is 17.8 Å². The molecule has 1 rings (SSSR count). The van der Waals surface area contributed by atoms with Gasteiger partial charge in [0, 0.05) is 32.1 Å². The molecule has 8 heteroatoms. The lowest BCUT2D eigenvalue weighted by atomic mass is 9.77. The first kappa shape index (κ1) is 30.2. The summed E-state index contributed by atoms with van der Waals surface area (Å²) in [5.74, 6) is -0.719. The number of benzene rings is 1. The number of carbonyl (C=O) groups is 1. The molecule has 0 spiro atoms. The van der Waals surface area contributed by atoms with Gasteiger partial charge in [-0.3, -0.25) is 4.79 Å². The quantitative estimate of drug-likeness (QED) is 0.234. The van der Waals surface area contributed by atoms with Crippen molar-refractivity contribution in [1.29, 1.82) is 0 Å². The highest BCUT2D eigenvalue weighted by Crippen LogP contribution is 2.37. The van der Waals surface area contributed by atoms with Crippen molar-refractivity contribution in [2.24, 2.45) is 29.2 Å². The van der Waals surface area contributed by atoms with Gasteiger partial charge in [0.25, 0.3) is 0 Å². The highest BCUT2D eigenvalue weighted by molar-refractivity contribution is 5.71. The molecule has 1 aromatic carbocycles. The molecule has 6 N–H and O–H groups in total. The fourth-order valence-corrected chi connectivity index (χ4v) is 3.82. The number of carboxylic acid groups (broad SMARTS) is 1. The Morgan fingerprint density at radius 3 is 2.24 bits per heavy atom. The van der Waals surface area contributed by atoms with Crippen LogP contribution in [0.25, 0.3) is 0 Å². The molecule has 0 saturated carbocycles. The van der Waals surface area contributed by atoms with Crippen molar-refractivity contribution in [2.75, 3.05) is 33.5 Å². The Labute approximate surface area is 205 Å². The van der Waals surface area contributed by atoms with Crippen LogP contribution in [0.5, 0.6) is 11.5 Å². The summed E-state index contributed by atoms with van der Waals surface area (Å²) < 4.78 is 17.0. The number of hydrogen-bond donors (Lipinski definition) is 4. The van der Waals surface area contributed by atoms with Gasteiger partial charge in [-0.05, 0) is 55.3 Å². The predicted octanol–water partition coefficient (Wildman–Crippen LogP) is 3.39. The van der Waals surface area contributed by atoms with Crippen LogP contribution in [0.1, 0.15) is 64.9 Å². The average Bonchev–Trinajstić information content (AvgIpc) is 2.80. The summed E-state index contributed by atoms with van der Waals surface area (Å²) in [6, 6.07) is 4.80. The molecular weight excluding hydrogens is 436 g/mol. The predicted molar refractivity (Wildman–Crippen MR) is 134 cm³/mol. The largest absolute Gasteiger partial charge is 0.490 e. The fourth-order valence-electron chi connectivity index (χ4n) is 3.82. The first-order chi connectivity index (χ1) is 16.1. The lowest BCUT2D eigenvalue weighted by Gasteiger charge is -2.33. The zero-order chi connectivity index (χ0) is 25.7. The van der Waals surface area contributed by atoms with E-state index in [2.05, 4.69) is 20.8 Å². The Bertz CT molecular complexity index is 715. The van der Waals surface area contributed by atoms with Crippen molar-refractivity contribution in [1.82, 2.24) is 0 Å². The van der Waals surface area contributed by atoms with E-state index >= 15 is 0 Å².